The smallest absolute Gasteiger partial charge is 0.119 e. The van der Waals surface area contributed by atoms with E-state index >= 15 is 0 Å². The van der Waals surface area contributed by atoms with Crippen LogP contribution in [0.5, 0.6) is 5.75 Å². The van der Waals surface area contributed by atoms with E-state index in [1.165, 1.54) is 37.9 Å². The fraction of sp³-hybridized carbons (Fsp3) is 0.647. The molecule has 2 heterocycles. The molecule has 3 heteroatoms. The molecule has 3 nitrogen and oxygen atoms in total. The highest BCUT2D eigenvalue weighted by atomic mass is 16.5. The third-order valence-electron chi connectivity index (χ3n) is 4.55. The van der Waals surface area contributed by atoms with Crippen LogP contribution in [0, 0.1) is 0 Å². The van der Waals surface area contributed by atoms with Gasteiger partial charge in [-0.3, -0.25) is 4.90 Å². The molecule has 0 aliphatic carbocycles. The fourth-order valence-electron chi connectivity index (χ4n) is 3.53. The standard InChI is InChI=1S/C17H26N2O/c1-2-11-20-15-6-3-5-14(12-15)13-18-16-8-10-19-9-4-7-17(16)19/h3,5-6,12,16-18H,2,4,7-11,13H2,1H3. The van der Waals surface area contributed by atoms with Gasteiger partial charge in [0.15, 0.2) is 0 Å². The molecule has 2 aliphatic rings. The van der Waals surface area contributed by atoms with Crippen LogP contribution >= 0.6 is 0 Å². The molecular weight excluding hydrogens is 248 g/mol. The lowest BCUT2D eigenvalue weighted by Crippen LogP contribution is -2.38. The van der Waals surface area contributed by atoms with Crippen molar-refractivity contribution in [3.8, 4) is 5.75 Å². The second kappa shape index (κ2) is 6.59. The van der Waals surface area contributed by atoms with Gasteiger partial charge in [-0.05, 0) is 49.9 Å². The van der Waals surface area contributed by atoms with Crippen LogP contribution in [-0.4, -0.2) is 36.7 Å². The van der Waals surface area contributed by atoms with E-state index in [0.29, 0.717) is 6.04 Å². The molecule has 1 aromatic rings. The first-order valence-electron chi connectivity index (χ1n) is 8.06. The number of hydrogen-bond donors (Lipinski definition) is 1. The van der Waals surface area contributed by atoms with Crippen LogP contribution < -0.4 is 10.1 Å². The van der Waals surface area contributed by atoms with E-state index in [0.717, 1.165) is 31.4 Å². The van der Waals surface area contributed by atoms with Crippen molar-refractivity contribution < 1.29 is 4.74 Å². The Labute approximate surface area is 122 Å². The van der Waals surface area contributed by atoms with Gasteiger partial charge >= 0.3 is 0 Å². The summed E-state index contributed by atoms with van der Waals surface area (Å²) >= 11 is 0. The first-order valence-corrected chi connectivity index (χ1v) is 8.06. The maximum atomic E-state index is 5.70. The average molecular weight is 274 g/mol. The predicted octanol–water partition coefficient (Wildman–Crippen LogP) is 2.80. The molecule has 110 valence electrons. The maximum Gasteiger partial charge on any atom is 0.119 e. The Balaban J connectivity index is 1.53. The first-order chi connectivity index (χ1) is 9.86. The monoisotopic (exact) mass is 274 g/mol. The molecule has 0 aromatic heterocycles. The molecule has 2 aliphatic heterocycles. The van der Waals surface area contributed by atoms with E-state index in [2.05, 4.69) is 35.3 Å². The molecular formula is C17H26N2O. The lowest BCUT2D eigenvalue weighted by Gasteiger charge is -2.21. The van der Waals surface area contributed by atoms with E-state index in [1.54, 1.807) is 0 Å². The Morgan fingerprint density at radius 3 is 3.15 bits per heavy atom. The molecule has 20 heavy (non-hydrogen) atoms. The first kappa shape index (κ1) is 13.9. The molecule has 0 amide bonds. The summed E-state index contributed by atoms with van der Waals surface area (Å²) in [6, 6.07) is 9.97. The second-order valence-corrected chi connectivity index (χ2v) is 6.02. The maximum absolute atomic E-state index is 5.70. The number of nitrogens with zero attached hydrogens (tertiary/aromatic N) is 1. The molecule has 1 aromatic carbocycles. The van der Waals surface area contributed by atoms with E-state index in [-0.39, 0.29) is 0 Å². The van der Waals surface area contributed by atoms with Gasteiger partial charge in [-0.1, -0.05) is 19.1 Å². The Bertz CT molecular complexity index is 435. The Kier molecular flexibility index (Phi) is 4.58. The number of ether oxygens (including phenoxy) is 1. The van der Waals surface area contributed by atoms with Gasteiger partial charge in [0.25, 0.3) is 0 Å². The SMILES string of the molecule is CCCOc1cccc(CNC2CCN3CCCC23)c1. The van der Waals surface area contributed by atoms with E-state index in [9.17, 15) is 0 Å². The summed E-state index contributed by atoms with van der Waals surface area (Å²) in [5, 5.41) is 3.76. The van der Waals surface area contributed by atoms with E-state index in [1.807, 2.05) is 6.07 Å². The lowest BCUT2D eigenvalue weighted by molar-refractivity contribution is 0.298. The van der Waals surface area contributed by atoms with Crippen LogP contribution in [0.1, 0.15) is 38.2 Å². The van der Waals surface area contributed by atoms with Crippen LogP contribution in [0.25, 0.3) is 0 Å². The van der Waals surface area contributed by atoms with Crippen molar-refractivity contribution in [1.82, 2.24) is 10.2 Å². The Hall–Kier alpha value is -1.06. The normalized spacial score (nSPS) is 25.9. The van der Waals surface area contributed by atoms with Crippen LogP contribution in [0.15, 0.2) is 24.3 Å². The van der Waals surface area contributed by atoms with Crippen LogP contribution in [0.4, 0.5) is 0 Å². The summed E-state index contributed by atoms with van der Waals surface area (Å²) in [7, 11) is 0. The molecule has 2 saturated heterocycles. The third-order valence-corrected chi connectivity index (χ3v) is 4.55. The number of benzene rings is 1. The minimum Gasteiger partial charge on any atom is -0.494 e. The van der Waals surface area contributed by atoms with Gasteiger partial charge in [0, 0.05) is 25.2 Å². The molecule has 0 bridgehead atoms. The van der Waals surface area contributed by atoms with Crippen molar-refractivity contribution in [1.29, 1.82) is 0 Å². The van der Waals surface area contributed by atoms with Crippen molar-refractivity contribution in [3.63, 3.8) is 0 Å². The predicted molar refractivity (Wildman–Crippen MR) is 82.1 cm³/mol. The van der Waals surface area contributed by atoms with Gasteiger partial charge in [-0.25, -0.2) is 0 Å². The van der Waals surface area contributed by atoms with Crippen LogP contribution in [-0.2, 0) is 6.54 Å². The zero-order valence-corrected chi connectivity index (χ0v) is 12.5. The van der Waals surface area contributed by atoms with Gasteiger partial charge in [0.2, 0.25) is 0 Å². The molecule has 0 saturated carbocycles. The summed E-state index contributed by atoms with van der Waals surface area (Å²) < 4.78 is 5.70. The van der Waals surface area contributed by atoms with Crippen LogP contribution in [0.2, 0.25) is 0 Å². The van der Waals surface area contributed by atoms with Gasteiger partial charge < -0.3 is 10.1 Å². The Morgan fingerprint density at radius 2 is 2.25 bits per heavy atom. The summed E-state index contributed by atoms with van der Waals surface area (Å²) in [5.74, 6) is 1.00. The molecule has 2 unspecified atom stereocenters. The van der Waals surface area contributed by atoms with Crippen LogP contribution in [0.3, 0.4) is 0 Å². The number of nitrogens with one attached hydrogen (secondary N) is 1. The van der Waals surface area contributed by atoms with Gasteiger partial charge in [0.05, 0.1) is 6.61 Å². The van der Waals surface area contributed by atoms with Crippen molar-refractivity contribution in [3.05, 3.63) is 29.8 Å². The highest BCUT2D eigenvalue weighted by molar-refractivity contribution is 5.28. The van der Waals surface area contributed by atoms with Crippen molar-refractivity contribution in [2.75, 3.05) is 19.7 Å². The average Bonchev–Trinajstić information content (AvgIpc) is 3.07. The van der Waals surface area contributed by atoms with Crippen molar-refractivity contribution in [2.24, 2.45) is 0 Å². The summed E-state index contributed by atoms with van der Waals surface area (Å²) in [6.45, 7) is 6.49. The van der Waals surface area contributed by atoms with Gasteiger partial charge in [-0.2, -0.15) is 0 Å². The second-order valence-electron chi connectivity index (χ2n) is 6.02. The van der Waals surface area contributed by atoms with E-state index in [4.69, 9.17) is 4.74 Å². The molecule has 2 fully saturated rings. The van der Waals surface area contributed by atoms with Gasteiger partial charge in [-0.15, -0.1) is 0 Å². The molecule has 0 radical (unpaired) electrons. The molecule has 0 spiro atoms. The summed E-state index contributed by atoms with van der Waals surface area (Å²) in [6.07, 6.45) is 5.11. The zero-order chi connectivity index (χ0) is 13.8. The lowest BCUT2D eigenvalue weighted by atomic mass is 10.1. The number of rotatable bonds is 6. The van der Waals surface area contributed by atoms with Gasteiger partial charge in [0.1, 0.15) is 5.75 Å². The fourth-order valence-corrected chi connectivity index (χ4v) is 3.53. The number of hydrogen-bond acceptors (Lipinski definition) is 3. The van der Waals surface area contributed by atoms with E-state index < -0.39 is 0 Å². The molecule has 1 N–H and O–H groups in total. The highest BCUT2D eigenvalue weighted by Gasteiger charge is 2.36. The minimum atomic E-state index is 0.678. The molecule has 3 rings (SSSR count). The third kappa shape index (κ3) is 3.15. The Morgan fingerprint density at radius 1 is 1.30 bits per heavy atom. The summed E-state index contributed by atoms with van der Waals surface area (Å²) in [4.78, 5) is 2.65. The highest BCUT2D eigenvalue weighted by Crippen LogP contribution is 2.28. The quantitative estimate of drug-likeness (QED) is 0.863. The largest absolute Gasteiger partial charge is 0.494 e. The topological polar surface area (TPSA) is 24.5 Å². The molecule has 2 atom stereocenters. The number of fused-ring (bicyclic) bond motifs is 1. The van der Waals surface area contributed by atoms with Crippen molar-refractivity contribution >= 4 is 0 Å². The zero-order valence-electron chi connectivity index (χ0n) is 12.5. The van der Waals surface area contributed by atoms with Crippen molar-refractivity contribution in [2.45, 2.75) is 51.2 Å². The summed E-state index contributed by atoms with van der Waals surface area (Å²) in [5.41, 5.74) is 1.33. The minimum absolute atomic E-state index is 0.678.